The fourth-order valence-electron chi connectivity index (χ4n) is 2.46. The molecule has 3 nitrogen and oxygen atoms in total. The van der Waals surface area contributed by atoms with E-state index >= 15 is 0 Å². The van der Waals surface area contributed by atoms with Crippen molar-refractivity contribution in [3.8, 4) is 0 Å². The van der Waals surface area contributed by atoms with Gasteiger partial charge in [-0.2, -0.15) is 13.2 Å². The van der Waals surface area contributed by atoms with Crippen LogP contribution in [0.15, 0.2) is 12.7 Å². The maximum Gasteiger partial charge on any atom is 0.391 e. The Bertz CT molecular complexity index is 355. The molecule has 102 valence electrons. The van der Waals surface area contributed by atoms with E-state index in [1.54, 1.807) is 0 Å². The van der Waals surface area contributed by atoms with Gasteiger partial charge in [0, 0.05) is 7.05 Å². The van der Waals surface area contributed by atoms with Crippen molar-refractivity contribution in [1.82, 2.24) is 5.32 Å². The summed E-state index contributed by atoms with van der Waals surface area (Å²) in [5.41, 5.74) is -1.36. The average molecular weight is 263 g/mol. The van der Waals surface area contributed by atoms with Gasteiger partial charge in [0.15, 0.2) is 5.78 Å². The zero-order chi connectivity index (χ0) is 14.0. The number of allylic oxidation sites excluding steroid dienone is 1. The maximum absolute atomic E-state index is 12.6. The van der Waals surface area contributed by atoms with Gasteiger partial charge >= 0.3 is 6.18 Å². The van der Waals surface area contributed by atoms with Gasteiger partial charge in [-0.3, -0.25) is 9.59 Å². The molecule has 1 rings (SSSR count). The molecule has 0 aromatic carbocycles. The highest BCUT2D eigenvalue weighted by atomic mass is 19.4. The molecule has 1 aliphatic rings. The first kappa shape index (κ1) is 14.7. The molecule has 0 atom stereocenters. The lowest BCUT2D eigenvalue weighted by Crippen LogP contribution is -2.48. The fourth-order valence-corrected chi connectivity index (χ4v) is 2.46. The van der Waals surface area contributed by atoms with Crippen LogP contribution < -0.4 is 5.32 Å². The smallest absolute Gasteiger partial charge is 0.358 e. The van der Waals surface area contributed by atoms with E-state index < -0.39 is 29.2 Å². The predicted molar refractivity (Wildman–Crippen MR) is 59.7 cm³/mol. The molecule has 0 spiro atoms. The second-order valence-corrected chi connectivity index (χ2v) is 4.55. The van der Waals surface area contributed by atoms with E-state index in [-0.39, 0.29) is 25.7 Å². The Morgan fingerprint density at radius 3 is 2.17 bits per heavy atom. The van der Waals surface area contributed by atoms with E-state index in [0.29, 0.717) is 0 Å². The normalized spacial score (nSPS) is 28.6. The van der Waals surface area contributed by atoms with Crippen LogP contribution in [0.5, 0.6) is 0 Å². The molecule has 0 bridgehead atoms. The molecule has 0 unspecified atom stereocenters. The van der Waals surface area contributed by atoms with Crippen LogP contribution in [0.3, 0.4) is 0 Å². The number of amides is 1. The molecule has 18 heavy (non-hydrogen) atoms. The van der Waals surface area contributed by atoms with Crippen molar-refractivity contribution in [2.75, 3.05) is 7.05 Å². The van der Waals surface area contributed by atoms with Crippen LogP contribution >= 0.6 is 0 Å². The summed E-state index contributed by atoms with van der Waals surface area (Å²) in [6.45, 7) is 3.31. The van der Waals surface area contributed by atoms with E-state index in [9.17, 15) is 22.8 Å². The van der Waals surface area contributed by atoms with Gasteiger partial charge in [0.1, 0.15) is 5.41 Å². The summed E-state index contributed by atoms with van der Waals surface area (Å²) in [7, 11) is 1.37. The lowest BCUT2D eigenvalue weighted by Gasteiger charge is -2.37. The zero-order valence-electron chi connectivity index (χ0n) is 10.1. The van der Waals surface area contributed by atoms with Crippen molar-refractivity contribution in [2.24, 2.45) is 11.3 Å². The maximum atomic E-state index is 12.6. The molecule has 1 aliphatic carbocycles. The van der Waals surface area contributed by atoms with E-state index in [2.05, 4.69) is 11.9 Å². The molecule has 1 fully saturated rings. The third-order valence-electron chi connectivity index (χ3n) is 3.62. The summed E-state index contributed by atoms with van der Waals surface area (Å²) in [6, 6.07) is 0. The molecular weight excluding hydrogens is 247 g/mol. The van der Waals surface area contributed by atoms with Crippen molar-refractivity contribution in [3.63, 3.8) is 0 Å². The lowest BCUT2D eigenvalue weighted by molar-refractivity contribution is -0.189. The van der Waals surface area contributed by atoms with Crippen LogP contribution in [-0.2, 0) is 9.59 Å². The van der Waals surface area contributed by atoms with Gasteiger partial charge in [-0.25, -0.2) is 0 Å². The van der Waals surface area contributed by atoms with Gasteiger partial charge in [-0.15, -0.1) is 0 Å². The first-order chi connectivity index (χ1) is 8.28. The van der Waals surface area contributed by atoms with Crippen molar-refractivity contribution in [1.29, 1.82) is 0 Å². The van der Waals surface area contributed by atoms with Crippen molar-refractivity contribution in [2.45, 2.75) is 31.9 Å². The zero-order valence-corrected chi connectivity index (χ0v) is 10.1. The van der Waals surface area contributed by atoms with E-state index in [0.717, 1.165) is 6.08 Å². The van der Waals surface area contributed by atoms with Gasteiger partial charge in [0.25, 0.3) is 0 Å². The molecule has 1 amide bonds. The number of hydrogen-bond acceptors (Lipinski definition) is 2. The second kappa shape index (κ2) is 5.12. The van der Waals surface area contributed by atoms with Crippen LogP contribution in [0.2, 0.25) is 0 Å². The van der Waals surface area contributed by atoms with E-state index in [4.69, 9.17) is 0 Å². The van der Waals surface area contributed by atoms with E-state index in [1.807, 2.05) is 0 Å². The molecule has 1 saturated carbocycles. The average Bonchev–Trinajstić information content (AvgIpc) is 2.35. The van der Waals surface area contributed by atoms with Crippen LogP contribution in [0.4, 0.5) is 13.2 Å². The Morgan fingerprint density at radius 2 is 1.83 bits per heavy atom. The SMILES string of the molecule is C=CC(=O)C1(C(=O)NC)CCC(C(F)(F)F)CC1. The number of ketones is 1. The minimum absolute atomic E-state index is 0.0816. The van der Waals surface area contributed by atoms with Crippen LogP contribution in [0.1, 0.15) is 25.7 Å². The summed E-state index contributed by atoms with van der Waals surface area (Å²) in [4.78, 5) is 23.6. The van der Waals surface area contributed by atoms with Crippen LogP contribution in [0, 0.1) is 11.3 Å². The van der Waals surface area contributed by atoms with Gasteiger partial charge in [0.05, 0.1) is 5.92 Å². The van der Waals surface area contributed by atoms with Crippen LogP contribution in [-0.4, -0.2) is 24.9 Å². The molecular formula is C12H16F3NO2. The largest absolute Gasteiger partial charge is 0.391 e. The molecule has 1 N–H and O–H groups in total. The Balaban J connectivity index is 2.90. The number of halogens is 3. The predicted octanol–water partition coefficient (Wildman–Crippen LogP) is 2.23. The number of carbonyl (C=O) groups excluding carboxylic acids is 2. The monoisotopic (exact) mass is 263 g/mol. The summed E-state index contributed by atoms with van der Waals surface area (Å²) in [5, 5.41) is 2.36. The number of rotatable bonds is 3. The topological polar surface area (TPSA) is 46.2 Å². The molecule has 0 saturated heterocycles. The molecule has 0 aromatic heterocycles. The minimum atomic E-state index is -4.26. The number of alkyl halides is 3. The van der Waals surface area contributed by atoms with Crippen molar-refractivity contribution < 1.29 is 22.8 Å². The van der Waals surface area contributed by atoms with Crippen molar-refractivity contribution >= 4 is 11.7 Å². The van der Waals surface area contributed by atoms with Gasteiger partial charge in [-0.1, -0.05) is 6.58 Å². The Kier molecular flexibility index (Phi) is 4.19. The summed E-state index contributed by atoms with van der Waals surface area (Å²) >= 11 is 0. The van der Waals surface area contributed by atoms with Gasteiger partial charge in [-0.05, 0) is 31.8 Å². The third-order valence-corrected chi connectivity index (χ3v) is 3.62. The minimum Gasteiger partial charge on any atom is -0.358 e. The number of carbonyl (C=O) groups is 2. The fraction of sp³-hybridized carbons (Fsp3) is 0.667. The third kappa shape index (κ3) is 2.57. The Labute approximate surface area is 103 Å². The van der Waals surface area contributed by atoms with Gasteiger partial charge < -0.3 is 5.32 Å². The van der Waals surface area contributed by atoms with Crippen molar-refractivity contribution in [3.05, 3.63) is 12.7 Å². The molecule has 0 heterocycles. The molecule has 0 aromatic rings. The summed E-state index contributed by atoms with van der Waals surface area (Å²) < 4.78 is 37.7. The summed E-state index contributed by atoms with van der Waals surface area (Å²) in [5.74, 6) is -2.44. The Hall–Kier alpha value is -1.33. The number of nitrogens with one attached hydrogen (secondary N) is 1. The molecule has 0 aliphatic heterocycles. The van der Waals surface area contributed by atoms with Crippen LogP contribution in [0.25, 0.3) is 0 Å². The molecule has 0 radical (unpaired) electrons. The first-order valence-electron chi connectivity index (χ1n) is 5.73. The molecule has 6 heteroatoms. The van der Waals surface area contributed by atoms with Gasteiger partial charge in [0.2, 0.25) is 5.91 Å². The number of hydrogen-bond donors (Lipinski definition) is 1. The van der Waals surface area contributed by atoms with E-state index in [1.165, 1.54) is 7.05 Å². The first-order valence-corrected chi connectivity index (χ1v) is 5.73. The Morgan fingerprint density at radius 1 is 1.33 bits per heavy atom. The lowest BCUT2D eigenvalue weighted by atomic mass is 9.67. The summed E-state index contributed by atoms with van der Waals surface area (Å²) in [6.07, 6.45) is -3.80. The highest BCUT2D eigenvalue weighted by Gasteiger charge is 2.51. The second-order valence-electron chi connectivity index (χ2n) is 4.55. The quantitative estimate of drug-likeness (QED) is 0.627. The highest BCUT2D eigenvalue weighted by Crippen LogP contribution is 2.45. The highest BCUT2D eigenvalue weighted by molar-refractivity contribution is 6.10. The standard InChI is InChI=1S/C12H16F3NO2/c1-3-9(17)11(10(18)16-2)6-4-8(5-7-11)12(13,14)15/h3,8H,1,4-7H2,2H3,(H,16,18).